The zero-order valence-corrected chi connectivity index (χ0v) is 19.6. The Kier molecular flexibility index (Phi) is 7.00. The van der Waals surface area contributed by atoms with Crippen LogP contribution in [0.1, 0.15) is 30.5 Å². The number of hydrogen-bond donors (Lipinski definition) is 2. The van der Waals surface area contributed by atoms with Gasteiger partial charge >= 0.3 is 0 Å². The third-order valence-electron chi connectivity index (χ3n) is 5.86. The van der Waals surface area contributed by atoms with E-state index < -0.39 is 15.8 Å². The van der Waals surface area contributed by atoms with E-state index in [4.69, 9.17) is 11.6 Å². The number of aryl methyl sites for hydroxylation is 1. The first-order chi connectivity index (χ1) is 15.3. The van der Waals surface area contributed by atoms with Gasteiger partial charge in [-0.1, -0.05) is 23.7 Å². The molecular formula is C24H27ClFN3O2S. The van der Waals surface area contributed by atoms with Crippen LogP contribution in [0.3, 0.4) is 0 Å². The lowest BCUT2D eigenvalue weighted by Gasteiger charge is -2.26. The second-order valence-corrected chi connectivity index (χ2v) is 10.4. The Morgan fingerprint density at radius 1 is 1.19 bits per heavy atom. The molecule has 1 aliphatic rings. The summed E-state index contributed by atoms with van der Waals surface area (Å²) in [6, 6.07) is 11.0. The summed E-state index contributed by atoms with van der Waals surface area (Å²) in [5, 5.41) is 1.91. The Labute approximate surface area is 193 Å². The average Bonchev–Trinajstić information content (AvgIpc) is 3.09. The zero-order chi connectivity index (χ0) is 22.7. The maximum absolute atomic E-state index is 13.3. The number of aromatic nitrogens is 1. The molecule has 2 N–H and O–H groups in total. The van der Waals surface area contributed by atoms with Crippen LogP contribution in [0.5, 0.6) is 0 Å². The van der Waals surface area contributed by atoms with Crippen molar-refractivity contribution in [2.75, 3.05) is 26.2 Å². The van der Waals surface area contributed by atoms with Gasteiger partial charge < -0.3 is 4.98 Å². The summed E-state index contributed by atoms with van der Waals surface area (Å²) in [5.74, 6) is -0.559. The molecule has 0 aliphatic carbocycles. The summed E-state index contributed by atoms with van der Waals surface area (Å²) in [6.07, 6.45) is 4.86. The van der Waals surface area contributed by atoms with Gasteiger partial charge in [0.05, 0.1) is 4.90 Å². The molecule has 4 rings (SSSR count). The molecule has 8 heteroatoms. The highest BCUT2D eigenvalue weighted by Crippen LogP contribution is 2.33. The SMILES string of the molecule is Cc1[nH]c2ccc(Cl)cc2c1C1=CCN(CCCCNS(=O)(=O)c2cccc(F)c2)CC1. The average molecular weight is 476 g/mol. The quantitative estimate of drug-likeness (QED) is 0.444. The van der Waals surface area contributed by atoms with Crippen molar-refractivity contribution in [3.8, 4) is 0 Å². The van der Waals surface area contributed by atoms with Crippen LogP contribution in [-0.2, 0) is 10.0 Å². The highest BCUT2D eigenvalue weighted by Gasteiger charge is 2.18. The van der Waals surface area contributed by atoms with Crippen molar-refractivity contribution in [1.82, 2.24) is 14.6 Å². The number of fused-ring (bicyclic) bond motifs is 1. The molecule has 0 atom stereocenters. The Bertz CT molecular complexity index is 1250. The standard InChI is InChI=1S/C24H27ClFN3O2S/c1-17-24(22-15-19(25)7-8-23(22)28-17)18-9-13-29(14-10-18)12-3-2-11-27-32(30,31)21-6-4-5-20(26)16-21/h4-9,15-16,27-28H,2-3,10-14H2,1H3. The summed E-state index contributed by atoms with van der Waals surface area (Å²) < 4.78 is 40.3. The minimum atomic E-state index is -3.67. The van der Waals surface area contributed by atoms with Gasteiger partial charge in [0, 0.05) is 46.8 Å². The zero-order valence-electron chi connectivity index (χ0n) is 18.0. The number of aromatic amines is 1. The highest BCUT2D eigenvalue weighted by atomic mass is 35.5. The lowest BCUT2D eigenvalue weighted by Crippen LogP contribution is -2.30. The fourth-order valence-corrected chi connectivity index (χ4v) is 5.52. The van der Waals surface area contributed by atoms with Gasteiger partial charge in [0.25, 0.3) is 0 Å². The minimum absolute atomic E-state index is 0.0416. The minimum Gasteiger partial charge on any atom is -0.358 e. The van der Waals surface area contributed by atoms with Crippen LogP contribution in [-0.4, -0.2) is 44.5 Å². The van der Waals surface area contributed by atoms with E-state index in [9.17, 15) is 12.8 Å². The van der Waals surface area contributed by atoms with E-state index >= 15 is 0 Å². The Hall–Kier alpha value is -2.19. The van der Waals surface area contributed by atoms with Crippen LogP contribution < -0.4 is 4.72 Å². The van der Waals surface area contributed by atoms with Crippen LogP contribution in [0.2, 0.25) is 5.02 Å². The second-order valence-electron chi connectivity index (χ2n) is 8.16. The molecule has 0 saturated carbocycles. The third kappa shape index (κ3) is 5.23. The lowest BCUT2D eigenvalue weighted by molar-refractivity contribution is 0.295. The molecule has 170 valence electrons. The van der Waals surface area contributed by atoms with Crippen LogP contribution in [0, 0.1) is 12.7 Å². The largest absolute Gasteiger partial charge is 0.358 e. The maximum atomic E-state index is 13.3. The number of halogens is 2. The highest BCUT2D eigenvalue weighted by molar-refractivity contribution is 7.89. The van der Waals surface area contributed by atoms with Crippen LogP contribution in [0.4, 0.5) is 4.39 Å². The van der Waals surface area contributed by atoms with Crippen molar-refractivity contribution >= 4 is 38.1 Å². The molecule has 2 heterocycles. The molecule has 5 nitrogen and oxygen atoms in total. The summed E-state index contributed by atoms with van der Waals surface area (Å²) in [7, 11) is -3.67. The van der Waals surface area contributed by atoms with Gasteiger partial charge in [-0.15, -0.1) is 0 Å². The molecule has 0 fully saturated rings. The molecule has 32 heavy (non-hydrogen) atoms. The summed E-state index contributed by atoms with van der Waals surface area (Å²) in [5.41, 5.74) is 4.86. The van der Waals surface area contributed by atoms with Crippen molar-refractivity contribution in [3.63, 3.8) is 0 Å². The number of sulfonamides is 1. The number of nitrogens with zero attached hydrogens (tertiary/aromatic N) is 1. The number of hydrogen-bond acceptors (Lipinski definition) is 3. The molecule has 1 aliphatic heterocycles. The number of H-pyrrole nitrogens is 1. The molecule has 0 unspecified atom stereocenters. The predicted octanol–water partition coefficient (Wildman–Crippen LogP) is 5.12. The first kappa shape index (κ1) is 23.0. The van der Waals surface area contributed by atoms with Crippen LogP contribution >= 0.6 is 11.6 Å². The molecule has 0 bridgehead atoms. The molecular weight excluding hydrogens is 449 g/mol. The third-order valence-corrected chi connectivity index (χ3v) is 7.56. The molecule has 0 radical (unpaired) electrons. The van der Waals surface area contributed by atoms with Gasteiger partial charge in [0.15, 0.2) is 0 Å². The lowest BCUT2D eigenvalue weighted by atomic mass is 9.96. The molecule has 2 aromatic carbocycles. The molecule has 0 spiro atoms. The maximum Gasteiger partial charge on any atom is 0.240 e. The molecule has 0 amide bonds. The van der Waals surface area contributed by atoms with Gasteiger partial charge in [0.1, 0.15) is 5.82 Å². The Morgan fingerprint density at radius 3 is 2.78 bits per heavy atom. The number of unbranched alkanes of at least 4 members (excludes halogenated alkanes) is 1. The van der Waals surface area contributed by atoms with Gasteiger partial charge in [-0.05, 0) is 74.7 Å². The summed E-state index contributed by atoms with van der Waals surface area (Å²) >= 11 is 6.21. The molecule has 0 saturated heterocycles. The van der Waals surface area contributed by atoms with E-state index in [1.54, 1.807) is 0 Å². The fraction of sp³-hybridized carbons (Fsp3) is 0.333. The monoisotopic (exact) mass is 475 g/mol. The van der Waals surface area contributed by atoms with E-state index in [-0.39, 0.29) is 4.90 Å². The van der Waals surface area contributed by atoms with E-state index in [0.717, 1.165) is 61.2 Å². The normalized spacial score (nSPS) is 15.3. The van der Waals surface area contributed by atoms with Crippen molar-refractivity contribution in [1.29, 1.82) is 0 Å². The van der Waals surface area contributed by atoms with Crippen LogP contribution in [0.25, 0.3) is 16.5 Å². The first-order valence-electron chi connectivity index (χ1n) is 10.8. The van der Waals surface area contributed by atoms with E-state index in [1.807, 2.05) is 18.2 Å². The smallest absolute Gasteiger partial charge is 0.240 e. The van der Waals surface area contributed by atoms with Crippen LogP contribution in [0.15, 0.2) is 53.4 Å². The van der Waals surface area contributed by atoms with Gasteiger partial charge in [-0.25, -0.2) is 17.5 Å². The second kappa shape index (κ2) is 9.75. The Morgan fingerprint density at radius 2 is 2.03 bits per heavy atom. The van der Waals surface area contributed by atoms with Gasteiger partial charge in [-0.3, -0.25) is 4.90 Å². The number of benzene rings is 2. The number of rotatable bonds is 8. The summed E-state index contributed by atoms with van der Waals surface area (Å²) in [4.78, 5) is 5.78. The Balaban J connectivity index is 1.27. The van der Waals surface area contributed by atoms with Crippen molar-refractivity contribution in [3.05, 3.63) is 70.6 Å². The molecule has 1 aromatic heterocycles. The van der Waals surface area contributed by atoms with Crippen molar-refractivity contribution < 1.29 is 12.8 Å². The van der Waals surface area contributed by atoms with Crippen molar-refractivity contribution in [2.45, 2.75) is 31.1 Å². The van der Waals surface area contributed by atoms with Gasteiger partial charge in [0.2, 0.25) is 10.0 Å². The predicted molar refractivity (Wildman–Crippen MR) is 128 cm³/mol. The number of nitrogens with one attached hydrogen (secondary N) is 2. The van der Waals surface area contributed by atoms with E-state index in [2.05, 4.69) is 27.6 Å². The van der Waals surface area contributed by atoms with E-state index in [1.165, 1.54) is 34.7 Å². The van der Waals surface area contributed by atoms with E-state index in [0.29, 0.717) is 6.54 Å². The topological polar surface area (TPSA) is 65.2 Å². The molecule has 3 aromatic rings. The fourth-order valence-electron chi connectivity index (χ4n) is 4.24. The summed E-state index contributed by atoms with van der Waals surface area (Å²) in [6.45, 7) is 5.18. The van der Waals surface area contributed by atoms with Crippen molar-refractivity contribution in [2.24, 2.45) is 0 Å². The first-order valence-corrected chi connectivity index (χ1v) is 12.6. The van der Waals surface area contributed by atoms with Gasteiger partial charge in [-0.2, -0.15) is 0 Å².